The van der Waals surface area contributed by atoms with E-state index in [9.17, 15) is 0 Å². The van der Waals surface area contributed by atoms with Crippen LogP contribution in [-0.4, -0.2) is 10.7 Å². The van der Waals surface area contributed by atoms with Gasteiger partial charge in [-0.05, 0) is 43.3 Å². The molecule has 0 aliphatic carbocycles. The maximum absolute atomic E-state index is 5.80. The Labute approximate surface area is 105 Å². The van der Waals surface area contributed by atoms with Gasteiger partial charge in [0.05, 0.1) is 11.4 Å². The van der Waals surface area contributed by atoms with Crippen molar-refractivity contribution in [2.24, 2.45) is 5.10 Å². The molecule has 0 spiro atoms. The SMILES string of the molecule is CC(=NNc1ccc(Cl)cc1)c1ccncc1. The number of halogens is 1. The maximum Gasteiger partial charge on any atom is 0.0649 e. The molecule has 2 aromatic rings. The second-order valence-corrected chi connectivity index (χ2v) is 3.99. The number of nitrogens with one attached hydrogen (secondary N) is 1. The van der Waals surface area contributed by atoms with Crippen LogP contribution in [-0.2, 0) is 0 Å². The van der Waals surface area contributed by atoms with Gasteiger partial charge in [0.2, 0.25) is 0 Å². The molecule has 0 bridgehead atoms. The summed E-state index contributed by atoms with van der Waals surface area (Å²) in [6, 6.07) is 11.2. The van der Waals surface area contributed by atoms with E-state index < -0.39 is 0 Å². The van der Waals surface area contributed by atoms with Gasteiger partial charge in [-0.2, -0.15) is 5.10 Å². The monoisotopic (exact) mass is 245 g/mol. The van der Waals surface area contributed by atoms with Crippen molar-refractivity contribution in [2.75, 3.05) is 5.43 Å². The van der Waals surface area contributed by atoms with Gasteiger partial charge in [0.25, 0.3) is 0 Å². The van der Waals surface area contributed by atoms with Gasteiger partial charge in [-0.1, -0.05) is 11.6 Å². The molecule has 1 aromatic carbocycles. The Morgan fingerprint density at radius 1 is 1.12 bits per heavy atom. The van der Waals surface area contributed by atoms with Crippen LogP contribution in [0.25, 0.3) is 0 Å². The number of benzene rings is 1. The van der Waals surface area contributed by atoms with Crippen molar-refractivity contribution in [3.63, 3.8) is 0 Å². The van der Waals surface area contributed by atoms with E-state index in [1.165, 1.54) is 0 Å². The van der Waals surface area contributed by atoms with E-state index in [4.69, 9.17) is 11.6 Å². The number of aromatic nitrogens is 1. The van der Waals surface area contributed by atoms with Gasteiger partial charge in [-0.3, -0.25) is 10.4 Å². The number of anilines is 1. The Morgan fingerprint density at radius 3 is 2.41 bits per heavy atom. The van der Waals surface area contributed by atoms with Crippen molar-refractivity contribution in [3.8, 4) is 0 Å². The highest BCUT2D eigenvalue weighted by Gasteiger charge is 1.96. The summed E-state index contributed by atoms with van der Waals surface area (Å²) < 4.78 is 0. The molecule has 2 rings (SSSR count). The summed E-state index contributed by atoms with van der Waals surface area (Å²) in [5, 5.41) is 5.00. The summed E-state index contributed by atoms with van der Waals surface area (Å²) >= 11 is 5.80. The zero-order valence-electron chi connectivity index (χ0n) is 9.39. The van der Waals surface area contributed by atoms with Gasteiger partial charge in [0, 0.05) is 23.0 Å². The normalized spacial score (nSPS) is 11.3. The first-order valence-corrected chi connectivity index (χ1v) is 5.60. The lowest BCUT2D eigenvalue weighted by atomic mass is 10.2. The Hall–Kier alpha value is -1.87. The molecular weight excluding hydrogens is 234 g/mol. The molecule has 3 nitrogen and oxygen atoms in total. The lowest BCUT2D eigenvalue weighted by Crippen LogP contribution is -1.99. The quantitative estimate of drug-likeness (QED) is 0.663. The van der Waals surface area contributed by atoms with Gasteiger partial charge in [-0.15, -0.1) is 0 Å². The first-order chi connectivity index (χ1) is 8.25. The molecular formula is C13H12ClN3. The summed E-state index contributed by atoms with van der Waals surface area (Å²) in [5.74, 6) is 0. The minimum atomic E-state index is 0.713. The molecule has 0 unspecified atom stereocenters. The molecule has 17 heavy (non-hydrogen) atoms. The minimum absolute atomic E-state index is 0.713. The van der Waals surface area contributed by atoms with E-state index in [1.54, 1.807) is 12.4 Å². The average Bonchev–Trinajstić information content (AvgIpc) is 2.39. The fraction of sp³-hybridized carbons (Fsp3) is 0.0769. The number of pyridine rings is 1. The van der Waals surface area contributed by atoms with Crippen LogP contribution >= 0.6 is 11.6 Å². The Bertz CT molecular complexity index is 506. The van der Waals surface area contributed by atoms with Gasteiger partial charge in [0.15, 0.2) is 0 Å². The van der Waals surface area contributed by atoms with Crippen LogP contribution in [0.5, 0.6) is 0 Å². The van der Waals surface area contributed by atoms with Gasteiger partial charge in [-0.25, -0.2) is 0 Å². The zero-order chi connectivity index (χ0) is 12.1. The first kappa shape index (κ1) is 11.6. The molecule has 1 N–H and O–H groups in total. The van der Waals surface area contributed by atoms with Crippen LogP contribution in [0.3, 0.4) is 0 Å². The van der Waals surface area contributed by atoms with E-state index in [0.717, 1.165) is 17.0 Å². The fourth-order valence-electron chi connectivity index (χ4n) is 1.33. The van der Waals surface area contributed by atoms with Crippen LogP contribution in [0.1, 0.15) is 12.5 Å². The summed E-state index contributed by atoms with van der Waals surface area (Å²) in [7, 11) is 0. The van der Waals surface area contributed by atoms with Crippen molar-refractivity contribution in [2.45, 2.75) is 6.92 Å². The van der Waals surface area contributed by atoms with Gasteiger partial charge in [0.1, 0.15) is 0 Å². The van der Waals surface area contributed by atoms with Crippen molar-refractivity contribution >= 4 is 23.0 Å². The van der Waals surface area contributed by atoms with E-state index in [1.807, 2.05) is 43.3 Å². The smallest absolute Gasteiger partial charge is 0.0649 e. The van der Waals surface area contributed by atoms with Crippen LogP contribution in [0.4, 0.5) is 5.69 Å². The molecule has 0 radical (unpaired) electrons. The third-order valence-electron chi connectivity index (χ3n) is 2.30. The highest BCUT2D eigenvalue weighted by Crippen LogP contribution is 2.13. The first-order valence-electron chi connectivity index (χ1n) is 5.22. The summed E-state index contributed by atoms with van der Waals surface area (Å²) in [5.41, 5.74) is 5.83. The maximum atomic E-state index is 5.80. The lowest BCUT2D eigenvalue weighted by molar-refractivity contribution is 1.29. The van der Waals surface area contributed by atoms with Crippen molar-refractivity contribution in [3.05, 3.63) is 59.4 Å². The number of nitrogens with zero attached hydrogens (tertiary/aromatic N) is 2. The minimum Gasteiger partial charge on any atom is -0.278 e. The largest absolute Gasteiger partial charge is 0.278 e. The van der Waals surface area contributed by atoms with E-state index in [2.05, 4.69) is 15.5 Å². The number of hydrogen-bond acceptors (Lipinski definition) is 3. The predicted octanol–water partition coefficient (Wildman–Crippen LogP) is 3.57. The van der Waals surface area contributed by atoms with Gasteiger partial charge < -0.3 is 0 Å². The van der Waals surface area contributed by atoms with Crippen LogP contribution in [0.2, 0.25) is 5.02 Å². The molecule has 1 heterocycles. The number of rotatable bonds is 3. The third kappa shape index (κ3) is 3.29. The standard InChI is InChI=1S/C13H12ClN3/c1-10(11-6-8-15-9-7-11)16-17-13-4-2-12(14)3-5-13/h2-9,17H,1H3. The van der Waals surface area contributed by atoms with Crippen LogP contribution in [0.15, 0.2) is 53.9 Å². The van der Waals surface area contributed by atoms with Crippen molar-refractivity contribution in [1.29, 1.82) is 0 Å². The van der Waals surface area contributed by atoms with E-state index >= 15 is 0 Å². The van der Waals surface area contributed by atoms with Gasteiger partial charge >= 0.3 is 0 Å². The van der Waals surface area contributed by atoms with Crippen molar-refractivity contribution < 1.29 is 0 Å². The highest BCUT2D eigenvalue weighted by molar-refractivity contribution is 6.30. The molecule has 0 atom stereocenters. The Kier molecular flexibility index (Phi) is 3.73. The molecule has 0 aliphatic heterocycles. The Morgan fingerprint density at radius 2 is 1.76 bits per heavy atom. The number of hydrazone groups is 1. The van der Waals surface area contributed by atoms with Crippen LogP contribution < -0.4 is 5.43 Å². The molecule has 4 heteroatoms. The van der Waals surface area contributed by atoms with Crippen LogP contribution in [0, 0.1) is 0 Å². The molecule has 86 valence electrons. The number of hydrogen-bond donors (Lipinski definition) is 1. The molecule has 0 aliphatic rings. The second kappa shape index (κ2) is 5.46. The lowest BCUT2D eigenvalue weighted by Gasteiger charge is -2.03. The summed E-state index contributed by atoms with van der Waals surface area (Å²) in [4.78, 5) is 3.97. The zero-order valence-corrected chi connectivity index (χ0v) is 10.1. The molecule has 0 saturated heterocycles. The molecule has 0 fully saturated rings. The topological polar surface area (TPSA) is 37.3 Å². The summed E-state index contributed by atoms with van der Waals surface area (Å²) in [6.45, 7) is 1.94. The van der Waals surface area contributed by atoms with Crippen molar-refractivity contribution in [1.82, 2.24) is 4.98 Å². The average molecular weight is 246 g/mol. The summed E-state index contributed by atoms with van der Waals surface area (Å²) in [6.07, 6.45) is 3.49. The molecule has 0 saturated carbocycles. The highest BCUT2D eigenvalue weighted by atomic mass is 35.5. The fourth-order valence-corrected chi connectivity index (χ4v) is 1.46. The van der Waals surface area contributed by atoms with E-state index in [0.29, 0.717) is 5.02 Å². The second-order valence-electron chi connectivity index (χ2n) is 3.55. The molecule has 0 amide bonds. The van der Waals surface area contributed by atoms with E-state index in [-0.39, 0.29) is 0 Å². The third-order valence-corrected chi connectivity index (χ3v) is 2.55. The molecule has 1 aromatic heterocycles. The Balaban J connectivity index is 2.08. The predicted molar refractivity (Wildman–Crippen MR) is 71.5 cm³/mol.